The van der Waals surface area contributed by atoms with Crippen LogP contribution >= 0.6 is 11.8 Å². The molecule has 1 aromatic carbocycles. The normalized spacial score (nSPS) is 28.2. The highest BCUT2D eigenvalue weighted by molar-refractivity contribution is 7.97. The Labute approximate surface area is 188 Å². The quantitative estimate of drug-likeness (QED) is 0.650. The van der Waals surface area contributed by atoms with E-state index in [1.54, 1.807) is 26.1 Å². The van der Waals surface area contributed by atoms with Gasteiger partial charge in [-0.2, -0.15) is 11.8 Å². The number of para-hydroxylation sites is 1. The molecule has 1 aliphatic heterocycles. The van der Waals surface area contributed by atoms with Crippen molar-refractivity contribution in [1.82, 2.24) is 9.97 Å². The molecule has 5 rings (SSSR count). The maximum atomic E-state index is 13.9. The Hall–Kier alpha value is -2.91. The molecular weight excluding hydrogens is 430 g/mol. The van der Waals surface area contributed by atoms with Crippen LogP contribution in [0.25, 0.3) is 5.57 Å². The second kappa shape index (κ2) is 6.79. The zero-order chi connectivity index (χ0) is 23.0. The van der Waals surface area contributed by atoms with Crippen molar-refractivity contribution in [1.29, 1.82) is 0 Å². The SMILES string of the molecule is CSCc1nc2c([nH]c1=O)[C@@H](C)C1(C(=O)N(C)c3ccccc31)C1(O)CCC(C(=O)O)=C21. The lowest BCUT2D eigenvalue weighted by Crippen LogP contribution is -2.62. The van der Waals surface area contributed by atoms with Gasteiger partial charge in [-0.3, -0.25) is 9.59 Å². The number of carboxylic acids is 1. The molecule has 2 aliphatic carbocycles. The van der Waals surface area contributed by atoms with E-state index in [4.69, 9.17) is 0 Å². The minimum absolute atomic E-state index is 0.0366. The molecule has 2 aromatic rings. The fourth-order valence-corrected chi connectivity index (χ4v) is 6.44. The van der Waals surface area contributed by atoms with Crippen LogP contribution in [0.4, 0.5) is 5.69 Å². The van der Waals surface area contributed by atoms with E-state index < -0.39 is 22.9 Å². The first kappa shape index (κ1) is 21.0. The van der Waals surface area contributed by atoms with Gasteiger partial charge in [-0.15, -0.1) is 0 Å². The molecule has 2 unspecified atom stereocenters. The van der Waals surface area contributed by atoms with Crippen molar-refractivity contribution in [3.8, 4) is 0 Å². The Balaban J connectivity index is 1.93. The first-order chi connectivity index (χ1) is 15.2. The van der Waals surface area contributed by atoms with Crippen LogP contribution in [0.3, 0.4) is 0 Å². The van der Waals surface area contributed by atoms with E-state index in [1.807, 2.05) is 18.4 Å². The van der Waals surface area contributed by atoms with Gasteiger partial charge in [0.05, 0.1) is 5.69 Å². The van der Waals surface area contributed by atoms with Gasteiger partial charge in [-0.05, 0) is 30.7 Å². The fourth-order valence-electron chi connectivity index (χ4n) is 5.97. The van der Waals surface area contributed by atoms with Gasteiger partial charge in [0.25, 0.3) is 5.56 Å². The summed E-state index contributed by atoms with van der Waals surface area (Å²) in [7, 11) is 1.65. The predicted octanol–water partition coefficient (Wildman–Crippen LogP) is 2.03. The van der Waals surface area contributed by atoms with Crippen LogP contribution < -0.4 is 10.5 Å². The molecule has 32 heavy (non-hydrogen) atoms. The molecule has 3 N–H and O–H groups in total. The molecule has 0 radical (unpaired) electrons. The molecule has 3 aliphatic rings. The number of anilines is 1. The number of fused-ring (bicyclic) bond motifs is 6. The summed E-state index contributed by atoms with van der Waals surface area (Å²) in [5.41, 5.74) is -1.19. The Morgan fingerprint density at radius 1 is 1.34 bits per heavy atom. The van der Waals surface area contributed by atoms with Crippen LogP contribution in [0.1, 0.15) is 48.3 Å². The lowest BCUT2D eigenvalue weighted by atomic mass is 9.54. The lowest BCUT2D eigenvalue weighted by Gasteiger charge is -2.50. The Morgan fingerprint density at radius 3 is 2.75 bits per heavy atom. The fraction of sp³-hybridized carbons (Fsp3) is 0.391. The summed E-state index contributed by atoms with van der Waals surface area (Å²) in [6.07, 6.45) is 2.03. The van der Waals surface area contributed by atoms with Crippen LogP contribution in [-0.2, 0) is 20.8 Å². The van der Waals surface area contributed by atoms with E-state index in [-0.39, 0.29) is 46.8 Å². The van der Waals surface area contributed by atoms with Gasteiger partial charge in [0.1, 0.15) is 16.7 Å². The summed E-state index contributed by atoms with van der Waals surface area (Å²) in [4.78, 5) is 47.9. The standard InChI is InChI=1S/C23H23N3O5S/c1-11-17-18(24-14(10-32-3)19(27)25-17)16-12(20(28)29)8-9-22(16,31)23(11)13-6-4-5-7-15(13)26(2)21(23)30/h4-7,11,31H,8-10H2,1-3H3,(H,25,27)(H,28,29)/t11-,22?,23?/m1/s1. The number of likely N-dealkylation sites (N-methyl/N-ethyl adjacent to an activating group) is 1. The molecule has 9 heteroatoms. The van der Waals surface area contributed by atoms with Crippen LogP contribution in [-0.4, -0.2) is 51.0 Å². The number of hydrogen-bond donors (Lipinski definition) is 3. The molecule has 166 valence electrons. The zero-order valence-corrected chi connectivity index (χ0v) is 18.7. The topological polar surface area (TPSA) is 124 Å². The highest BCUT2D eigenvalue weighted by Crippen LogP contribution is 2.65. The zero-order valence-electron chi connectivity index (χ0n) is 17.9. The number of carboxylic acid groups (broad SMARTS) is 1. The number of aliphatic hydroxyl groups is 1. The van der Waals surface area contributed by atoms with E-state index in [9.17, 15) is 24.6 Å². The van der Waals surface area contributed by atoms with Crippen LogP contribution in [0, 0.1) is 0 Å². The largest absolute Gasteiger partial charge is 0.478 e. The van der Waals surface area contributed by atoms with Crippen molar-refractivity contribution < 1.29 is 19.8 Å². The molecule has 0 saturated heterocycles. The summed E-state index contributed by atoms with van der Waals surface area (Å²) in [6, 6.07) is 7.24. The molecule has 3 atom stereocenters. The maximum absolute atomic E-state index is 13.9. The number of aliphatic carboxylic acids is 1. The lowest BCUT2D eigenvalue weighted by molar-refractivity contribution is -0.133. The number of amides is 1. The number of nitrogens with one attached hydrogen (secondary N) is 1. The number of aromatic nitrogens is 2. The molecule has 1 spiro atoms. The smallest absolute Gasteiger partial charge is 0.332 e. The van der Waals surface area contributed by atoms with E-state index in [0.717, 1.165) is 0 Å². The maximum Gasteiger partial charge on any atom is 0.332 e. The number of benzene rings is 1. The third-order valence-electron chi connectivity index (χ3n) is 7.31. The van der Waals surface area contributed by atoms with Gasteiger partial charge in [-0.25, -0.2) is 9.78 Å². The van der Waals surface area contributed by atoms with Crippen molar-refractivity contribution in [2.24, 2.45) is 0 Å². The van der Waals surface area contributed by atoms with E-state index in [0.29, 0.717) is 22.7 Å². The summed E-state index contributed by atoms with van der Waals surface area (Å²) in [5, 5.41) is 22.3. The van der Waals surface area contributed by atoms with Crippen LogP contribution in [0.5, 0.6) is 0 Å². The third kappa shape index (κ3) is 2.27. The first-order valence-electron chi connectivity index (χ1n) is 10.4. The second-order valence-corrected chi connectivity index (χ2v) is 9.50. The van der Waals surface area contributed by atoms with Gasteiger partial charge in [0.2, 0.25) is 5.91 Å². The van der Waals surface area contributed by atoms with E-state index in [2.05, 4.69) is 9.97 Å². The Bertz CT molecular complexity index is 1280. The molecule has 8 nitrogen and oxygen atoms in total. The number of nitrogens with zero attached hydrogens (tertiary/aromatic N) is 2. The predicted molar refractivity (Wildman–Crippen MR) is 121 cm³/mol. The van der Waals surface area contributed by atoms with Gasteiger partial charge in [-0.1, -0.05) is 25.1 Å². The molecule has 1 aromatic heterocycles. The van der Waals surface area contributed by atoms with Gasteiger partial charge >= 0.3 is 5.97 Å². The number of H-pyrrole nitrogens is 1. The molecule has 2 heterocycles. The van der Waals surface area contributed by atoms with Crippen molar-refractivity contribution in [3.63, 3.8) is 0 Å². The Kier molecular flexibility index (Phi) is 4.45. The third-order valence-corrected chi connectivity index (χ3v) is 7.87. The van der Waals surface area contributed by atoms with Crippen molar-refractivity contribution in [2.45, 2.75) is 42.5 Å². The number of hydrogen-bond acceptors (Lipinski definition) is 6. The summed E-state index contributed by atoms with van der Waals surface area (Å²) in [5.74, 6) is -1.77. The monoisotopic (exact) mass is 453 g/mol. The first-order valence-corrected chi connectivity index (χ1v) is 11.8. The van der Waals surface area contributed by atoms with Crippen LogP contribution in [0.15, 0.2) is 34.6 Å². The van der Waals surface area contributed by atoms with Crippen molar-refractivity contribution in [3.05, 3.63) is 62.8 Å². The number of carbonyl (C=O) groups excluding carboxylic acids is 1. The molecule has 0 saturated carbocycles. The van der Waals surface area contributed by atoms with Gasteiger partial charge in [0.15, 0.2) is 0 Å². The minimum atomic E-state index is -1.77. The van der Waals surface area contributed by atoms with E-state index in [1.165, 1.54) is 16.7 Å². The molecular formula is C23H23N3O5S. The molecule has 0 fully saturated rings. The number of thioether (sulfide) groups is 1. The summed E-state index contributed by atoms with van der Waals surface area (Å²) >= 11 is 1.42. The van der Waals surface area contributed by atoms with Crippen molar-refractivity contribution >= 4 is 34.9 Å². The highest BCUT2D eigenvalue weighted by atomic mass is 32.2. The number of aromatic amines is 1. The molecule has 1 amide bonds. The second-order valence-electron chi connectivity index (χ2n) is 8.64. The molecule has 0 bridgehead atoms. The summed E-state index contributed by atoms with van der Waals surface area (Å²) in [6.45, 7) is 1.80. The van der Waals surface area contributed by atoms with E-state index >= 15 is 0 Å². The number of carbonyl (C=O) groups is 2. The van der Waals surface area contributed by atoms with Crippen molar-refractivity contribution in [2.75, 3.05) is 18.2 Å². The minimum Gasteiger partial charge on any atom is -0.478 e. The average Bonchev–Trinajstić information content (AvgIpc) is 3.23. The van der Waals surface area contributed by atoms with Gasteiger partial charge < -0.3 is 20.1 Å². The van der Waals surface area contributed by atoms with Gasteiger partial charge in [0, 0.05) is 41.2 Å². The highest BCUT2D eigenvalue weighted by Gasteiger charge is 2.71. The summed E-state index contributed by atoms with van der Waals surface area (Å²) < 4.78 is 0. The Morgan fingerprint density at radius 2 is 2.06 bits per heavy atom. The average molecular weight is 454 g/mol. The number of rotatable bonds is 3. The van der Waals surface area contributed by atoms with Crippen LogP contribution in [0.2, 0.25) is 0 Å².